The van der Waals surface area contributed by atoms with Gasteiger partial charge in [0.15, 0.2) is 0 Å². The molecule has 1 unspecified atom stereocenters. The number of hydrogen-bond donors (Lipinski definition) is 1. The van der Waals surface area contributed by atoms with Crippen LogP contribution in [0.25, 0.3) is 0 Å². The van der Waals surface area contributed by atoms with E-state index in [1.807, 2.05) is 11.3 Å². The van der Waals surface area contributed by atoms with Crippen molar-refractivity contribution in [2.45, 2.75) is 31.6 Å². The molecule has 1 aliphatic rings. The molecule has 1 fully saturated rings. The van der Waals surface area contributed by atoms with Crippen LogP contribution < -0.4 is 5.32 Å². The van der Waals surface area contributed by atoms with Crippen LogP contribution in [-0.2, 0) is 5.41 Å². The third-order valence-corrected chi connectivity index (χ3v) is 3.97. The van der Waals surface area contributed by atoms with Gasteiger partial charge in [-0.2, -0.15) is 11.3 Å². The normalized spacial score (nSPS) is 29.0. The Bertz CT molecular complexity index is 247. The molecule has 1 aromatic rings. The summed E-state index contributed by atoms with van der Waals surface area (Å²) in [5.74, 6) is 0. The van der Waals surface area contributed by atoms with Gasteiger partial charge < -0.3 is 5.32 Å². The van der Waals surface area contributed by atoms with E-state index in [9.17, 15) is 0 Å². The molecule has 2 heterocycles. The molecule has 0 spiro atoms. The van der Waals surface area contributed by atoms with Gasteiger partial charge in [-0.3, -0.25) is 0 Å². The molecule has 1 aromatic heterocycles. The lowest BCUT2D eigenvalue weighted by molar-refractivity contribution is 0.303. The van der Waals surface area contributed by atoms with E-state index in [0.29, 0.717) is 5.41 Å². The molecule has 2 rings (SSSR count). The summed E-state index contributed by atoms with van der Waals surface area (Å²) in [6, 6.07) is 2.29. The number of piperidine rings is 1. The van der Waals surface area contributed by atoms with Crippen molar-refractivity contribution in [3.05, 3.63) is 22.4 Å². The minimum absolute atomic E-state index is 0.443. The Hall–Kier alpha value is -0.340. The lowest BCUT2D eigenvalue weighted by Crippen LogP contribution is -2.42. The Kier molecular flexibility index (Phi) is 2.70. The van der Waals surface area contributed by atoms with E-state index < -0.39 is 0 Å². The highest BCUT2D eigenvalue weighted by atomic mass is 32.1. The molecule has 72 valence electrons. The van der Waals surface area contributed by atoms with Crippen LogP contribution in [0.4, 0.5) is 0 Å². The predicted octanol–water partition coefficient (Wildman–Crippen LogP) is 2.78. The maximum atomic E-state index is 3.52. The highest BCUT2D eigenvalue weighted by molar-refractivity contribution is 7.08. The van der Waals surface area contributed by atoms with E-state index in [2.05, 4.69) is 29.1 Å². The molecule has 0 bridgehead atoms. The Morgan fingerprint density at radius 3 is 3.08 bits per heavy atom. The molecule has 0 radical (unpaired) electrons. The van der Waals surface area contributed by atoms with Crippen molar-refractivity contribution in [2.24, 2.45) is 0 Å². The van der Waals surface area contributed by atoms with Gasteiger partial charge in [0.25, 0.3) is 0 Å². The largest absolute Gasteiger partial charge is 0.316 e. The molecule has 0 aliphatic carbocycles. The molecule has 1 N–H and O–H groups in total. The van der Waals surface area contributed by atoms with Gasteiger partial charge in [0.05, 0.1) is 0 Å². The van der Waals surface area contributed by atoms with Crippen LogP contribution in [0.5, 0.6) is 0 Å². The summed E-state index contributed by atoms with van der Waals surface area (Å²) in [5, 5.41) is 8.03. The third-order valence-electron chi connectivity index (χ3n) is 3.28. The van der Waals surface area contributed by atoms with Crippen LogP contribution in [-0.4, -0.2) is 13.1 Å². The minimum atomic E-state index is 0.443. The van der Waals surface area contributed by atoms with Crippen LogP contribution in [0.2, 0.25) is 0 Å². The molecule has 13 heavy (non-hydrogen) atoms. The lowest BCUT2D eigenvalue weighted by Gasteiger charge is -2.36. The Balaban J connectivity index is 2.23. The summed E-state index contributed by atoms with van der Waals surface area (Å²) < 4.78 is 0. The summed E-state index contributed by atoms with van der Waals surface area (Å²) in [5.41, 5.74) is 1.99. The van der Waals surface area contributed by atoms with Gasteiger partial charge in [-0.15, -0.1) is 0 Å². The van der Waals surface area contributed by atoms with Crippen molar-refractivity contribution >= 4 is 11.3 Å². The van der Waals surface area contributed by atoms with Crippen molar-refractivity contribution in [1.29, 1.82) is 0 Å². The average Bonchev–Trinajstić information content (AvgIpc) is 2.72. The molecule has 0 amide bonds. The Labute approximate surface area is 84.2 Å². The fourth-order valence-corrected chi connectivity index (χ4v) is 3.07. The van der Waals surface area contributed by atoms with Gasteiger partial charge in [-0.25, -0.2) is 0 Å². The molecular formula is C11H17NS. The fraction of sp³-hybridized carbons (Fsp3) is 0.636. The zero-order valence-corrected chi connectivity index (χ0v) is 8.99. The summed E-state index contributed by atoms with van der Waals surface area (Å²) in [4.78, 5) is 0. The first-order valence-corrected chi connectivity index (χ1v) is 6.05. The molecule has 0 aromatic carbocycles. The van der Waals surface area contributed by atoms with Gasteiger partial charge >= 0.3 is 0 Å². The topological polar surface area (TPSA) is 12.0 Å². The van der Waals surface area contributed by atoms with Crippen molar-refractivity contribution in [2.75, 3.05) is 13.1 Å². The number of nitrogens with one attached hydrogen (secondary N) is 1. The molecule has 1 aliphatic heterocycles. The van der Waals surface area contributed by atoms with Crippen LogP contribution in [0, 0.1) is 0 Å². The second-order valence-corrected chi connectivity index (χ2v) is 4.71. The summed E-state index contributed by atoms with van der Waals surface area (Å²) in [6.07, 6.45) is 3.94. The van der Waals surface area contributed by atoms with Crippen LogP contribution in [0.3, 0.4) is 0 Å². The number of thiophene rings is 1. The molecule has 1 atom stereocenters. The standard InChI is InChI=1S/C11H17NS/c1-2-11(5-3-6-12-9-11)10-4-7-13-8-10/h4,7-8,12H,2-3,5-6,9H2,1H3. The van der Waals surface area contributed by atoms with Gasteiger partial charge in [0, 0.05) is 12.0 Å². The minimum Gasteiger partial charge on any atom is -0.316 e. The fourth-order valence-electron chi connectivity index (χ4n) is 2.29. The number of rotatable bonds is 2. The van der Waals surface area contributed by atoms with Crippen LogP contribution >= 0.6 is 11.3 Å². The summed E-state index contributed by atoms with van der Waals surface area (Å²) in [6.45, 7) is 4.68. The highest BCUT2D eigenvalue weighted by Gasteiger charge is 2.31. The van der Waals surface area contributed by atoms with E-state index >= 15 is 0 Å². The smallest absolute Gasteiger partial charge is 0.00838 e. The van der Waals surface area contributed by atoms with Gasteiger partial charge in [0.2, 0.25) is 0 Å². The van der Waals surface area contributed by atoms with Gasteiger partial charge in [-0.05, 0) is 48.2 Å². The Morgan fingerprint density at radius 1 is 1.62 bits per heavy atom. The van der Waals surface area contributed by atoms with E-state index in [0.717, 1.165) is 0 Å². The number of hydrogen-bond acceptors (Lipinski definition) is 2. The maximum absolute atomic E-state index is 3.52. The highest BCUT2D eigenvalue weighted by Crippen LogP contribution is 2.35. The lowest BCUT2D eigenvalue weighted by atomic mass is 9.74. The zero-order valence-electron chi connectivity index (χ0n) is 8.18. The monoisotopic (exact) mass is 195 g/mol. The molecule has 0 saturated carbocycles. The molecular weight excluding hydrogens is 178 g/mol. The van der Waals surface area contributed by atoms with E-state index in [1.54, 1.807) is 5.56 Å². The van der Waals surface area contributed by atoms with Crippen molar-refractivity contribution in [3.63, 3.8) is 0 Å². The van der Waals surface area contributed by atoms with E-state index in [4.69, 9.17) is 0 Å². The average molecular weight is 195 g/mol. The maximum Gasteiger partial charge on any atom is 0.00838 e. The first-order chi connectivity index (χ1) is 6.37. The third kappa shape index (κ3) is 1.65. The predicted molar refractivity (Wildman–Crippen MR) is 58.4 cm³/mol. The van der Waals surface area contributed by atoms with Crippen LogP contribution in [0.15, 0.2) is 16.8 Å². The van der Waals surface area contributed by atoms with Crippen molar-refractivity contribution in [1.82, 2.24) is 5.32 Å². The van der Waals surface area contributed by atoms with Gasteiger partial charge in [-0.1, -0.05) is 6.92 Å². The van der Waals surface area contributed by atoms with E-state index in [1.165, 1.54) is 32.4 Å². The van der Waals surface area contributed by atoms with E-state index in [-0.39, 0.29) is 0 Å². The summed E-state index contributed by atoms with van der Waals surface area (Å²) in [7, 11) is 0. The van der Waals surface area contributed by atoms with Gasteiger partial charge in [0.1, 0.15) is 0 Å². The second kappa shape index (κ2) is 3.81. The first-order valence-electron chi connectivity index (χ1n) is 5.11. The van der Waals surface area contributed by atoms with Crippen LogP contribution in [0.1, 0.15) is 31.7 Å². The second-order valence-electron chi connectivity index (χ2n) is 3.93. The summed E-state index contributed by atoms with van der Waals surface area (Å²) >= 11 is 1.82. The first kappa shape index (κ1) is 9.22. The molecule has 1 nitrogen and oxygen atoms in total. The molecule has 2 heteroatoms. The molecule has 1 saturated heterocycles. The van der Waals surface area contributed by atoms with Crippen molar-refractivity contribution < 1.29 is 0 Å². The SMILES string of the molecule is CCC1(c2ccsc2)CCCNC1. The quantitative estimate of drug-likeness (QED) is 0.765. The van der Waals surface area contributed by atoms with Crippen molar-refractivity contribution in [3.8, 4) is 0 Å². The Morgan fingerprint density at radius 2 is 2.54 bits per heavy atom. The zero-order chi connectivity index (χ0) is 9.15.